The number of anilines is 1. The molecule has 9 heteroatoms. The summed E-state index contributed by atoms with van der Waals surface area (Å²) in [6.45, 7) is 1.64. The Morgan fingerprint density at radius 3 is 2.54 bits per heavy atom. The third-order valence-electron chi connectivity index (χ3n) is 5.16. The van der Waals surface area contributed by atoms with Gasteiger partial charge in [0, 0.05) is 36.3 Å². The number of nitrogens with one attached hydrogen (secondary N) is 2. The highest BCUT2D eigenvalue weighted by atomic mass is 16.2. The van der Waals surface area contributed by atoms with E-state index in [0.717, 1.165) is 0 Å². The maximum Gasteiger partial charge on any atom is 0.274 e. The van der Waals surface area contributed by atoms with E-state index in [1.165, 1.54) is 19.3 Å². The van der Waals surface area contributed by atoms with Gasteiger partial charge in [-0.2, -0.15) is 0 Å². The van der Waals surface area contributed by atoms with E-state index < -0.39 is 5.91 Å². The van der Waals surface area contributed by atoms with Crippen molar-refractivity contribution in [3.8, 4) is 17.5 Å². The van der Waals surface area contributed by atoms with E-state index in [9.17, 15) is 14.4 Å². The number of amides is 2. The van der Waals surface area contributed by atoms with Gasteiger partial charge in [-0.15, -0.1) is 0 Å². The fraction of sp³-hybridized carbons (Fsp3) is 0.115. The number of nitrogens with two attached hydrogens (primary N) is 1. The van der Waals surface area contributed by atoms with E-state index >= 15 is 0 Å². The average molecular weight is 467 g/mol. The van der Waals surface area contributed by atoms with Crippen LogP contribution in [0.1, 0.15) is 28.7 Å². The molecule has 9 nitrogen and oxygen atoms in total. The third-order valence-corrected chi connectivity index (χ3v) is 5.16. The van der Waals surface area contributed by atoms with Crippen molar-refractivity contribution in [2.24, 2.45) is 0 Å². The predicted molar refractivity (Wildman–Crippen MR) is 133 cm³/mol. The summed E-state index contributed by atoms with van der Waals surface area (Å²) in [4.78, 5) is 45.4. The van der Waals surface area contributed by atoms with E-state index in [4.69, 9.17) is 5.73 Å². The Morgan fingerprint density at radius 1 is 1.03 bits per heavy atom. The van der Waals surface area contributed by atoms with Crippen LogP contribution in [0.2, 0.25) is 0 Å². The molecule has 0 aliphatic heterocycles. The van der Waals surface area contributed by atoms with Crippen molar-refractivity contribution < 1.29 is 9.59 Å². The molecule has 174 valence electrons. The highest BCUT2D eigenvalue weighted by Gasteiger charge is 2.16. The van der Waals surface area contributed by atoms with Crippen LogP contribution in [0.5, 0.6) is 0 Å². The van der Waals surface area contributed by atoms with Gasteiger partial charge in [0.25, 0.3) is 11.5 Å². The van der Waals surface area contributed by atoms with E-state index in [0.29, 0.717) is 27.7 Å². The lowest BCUT2D eigenvalue weighted by Crippen LogP contribution is -2.30. The van der Waals surface area contributed by atoms with Crippen molar-refractivity contribution in [1.82, 2.24) is 25.2 Å². The Labute approximate surface area is 201 Å². The van der Waals surface area contributed by atoms with E-state index in [1.807, 2.05) is 42.5 Å². The molecule has 0 bridgehead atoms. The van der Waals surface area contributed by atoms with Gasteiger partial charge in [0.15, 0.2) is 11.5 Å². The number of para-hydroxylation sites is 1. The summed E-state index contributed by atoms with van der Waals surface area (Å²) in [5.41, 5.74) is 7.26. The van der Waals surface area contributed by atoms with Crippen LogP contribution in [0.15, 0.2) is 71.8 Å². The van der Waals surface area contributed by atoms with Crippen molar-refractivity contribution in [3.05, 3.63) is 94.3 Å². The summed E-state index contributed by atoms with van der Waals surface area (Å²) < 4.78 is 1.54. The van der Waals surface area contributed by atoms with Crippen LogP contribution in [0.3, 0.4) is 0 Å². The van der Waals surface area contributed by atoms with Crippen LogP contribution >= 0.6 is 0 Å². The number of pyridine rings is 1. The van der Waals surface area contributed by atoms with Crippen LogP contribution in [-0.2, 0) is 11.3 Å². The van der Waals surface area contributed by atoms with E-state index in [-0.39, 0.29) is 36.1 Å². The zero-order chi connectivity index (χ0) is 24.8. The molecule has 0 aliphatic carbocycles. The smallest absolute Gasteiger partial charge is 0.274 e. The number of carbonyl (C=O) groups is 2. The fourth-order valence-electron chi connectivity index (χ4n) is 3.60. The molecular formula is C26H22N6O3. The fourth-order valence-corrected chi connectivity index (χ4v) is 3.60. The Morgan fingerprint density at radius 2 is 1.80 bits per heavy atom. The number of nitrogens with zero attached hydrogens (tertiary/aromatic N) is 3. The van der Waals surface area contributed by atoms with Crippen LogP contribution < -0.4 is 21.9 Å². The molecule has 0 radical (unpaired) electrons. The Kier molecular flexibility index (Phi) is 6.83. The van der Waals surface area contributed by atoms with Crippen molar-refractivity contribution in [2.75, 3.05) is 12.3 Å². The lowest BCUT2D eigenvalue weighted by Gasteiger charge is -2.16. The maximum atomic E-state index is 13.8. The number of rotatable bonds is 5. The summed E-state index contributed by atoms with van der Waals surface area (Å²) in [6.07, 6.45) is 2.79. The molecule has 4 rings (SSSR count). The Bertz CT molecular complexity index is 1530. The summed E-state index contributed by atoms with van der Waals surface area (Å²) in [7, 11) is 0. The number of carbonyl (C=O) groups excluding carboxylic acids is 2. The van der Waals surface area contributed by atoms with Crippen molar-refractivity contribution >= 4 is 28.4 Å². The second-order valence-electron chi connectivity index (χ2n) is 7.57. The minimum atomic E-state index is -0.500. The Hall–Kier alpha value is -4.97. The highest BCUT2D eigenvalue weighted by Crippen LogP contribution is 2.19. The standard InChI is InChI=1S/C26H22N6O3/c1-17(33)28-12-6-9-18-7-5-8-19-15-21(16-31-25(34)23-24(27)30-14-13-29-23)32(26(35)22(18)19)20-10-3-2-4-11-20/h2-5,7-8,10-11,13-15H,12,16H2,1H3,(H2,27,30)(H,28,33)(H,31,34). The molecule has 4 N–H and O–H groups in total. The van der Waals surface area contributed by atoms with Gasteiger partial charge < -0.3 is 16.4 Å². The van der Waals surface area contributed by atoms with Gasteiger partial charge in [0.1, 0.15) is 0 Å². The molecule has 35 heavy (non-hydrogen) atoms. The number of aromatic nitrogens is 3. The largest absolute Gasteiger partial charge is 0.382 e. The number of hydrogen-bond donors (Lipinski definition) is 3. The van der Waals surface area contributed by atoms with Crippen molar-refractivity contribution in [3.63, 3.8) is 0 Å². The molecule has 2 heterocycles. The van der Waals surface area contributed by atoms with Crippen LogP contribution in [0.4, 0.5) is 5.82 Å². The number of benzene rings is 2. The van der Waals surface area contributed by atoms with E-state index in [1.54, 1.807) is 16.7 Å². The van der Waals surface area contributed by atoms with Gasteiger partial charge in [0.05, 0.1) is 18.5 Å². The van der Waals surface area contributed by atoms with Gasteiger partial charge in [-0.25, -0.2) is 9.97 Å². The first-order chi connectivity index (χ1) is 17.0. The lowest BCUT2D eigenvalue weighted by atomic mass is 10.0. The summed E-state index contributed by atoms with van der Waals surface area (Å²) in [5.74, 6) is 5.20. The van der Waals surface area contributed by atoms with Gasteiger partial charge in [-0.3, -0.25) is 19.0 Å². The lowest BCUT2D eigenvalue weighted by molar-refractivity contribution is -0.118. The molecule has 0 fully saturated rings. The molecule has 2 amide bonds. The zero-order valence-corrected chi connectivity index (χ0v) is 18.9. The van der Waals surface area contributed by atoms with Crippen LogP contribution in [-0.4, -0.2) is 32.9 Å². The first-order valence-electron chi connectivity index (χ1n) is 10.8. The van der Waals surface area contributed by atoms with Gasteiger partial charge >= 0.3 is 0 Å². The summed E-state index contributed by atoms with van der Waals surface area (Å²) >= 11 is 0. The quantitative estimate of drug-likeness (QED) is 0.384. The van der Waals surface area contributed by atoms with Gasteiger partial charge in [-0.1, -0.05) is 42.2 Å². The van der Waals surface area contributed by atoms with Crippen LogP contribution in [0, 0.1) is 11.8 Å². The highest BCUT2D eigenvalue weighted by molar-refractivity contribution is 5.96. The molecule has 0 saturated heterocycles. The normalized spacial score (nSPS) is 10.3. The third kappa shape index (κ3) is 5.17. The Balaban J connectivity index is 1.78. The van der Waals surface area contributed by atoms with Crippen LogP contribution in [0.25, 0.3) is 16.5 Å². The minimum Gasteiger partial charge on any atom is -0.382 e. The SMILES string of the molecule is CC(=O)NCC#Cc1cccc2cc(CNC(=O)c3nccnc3N)n(-c3ccccc3)c(=O)c12. The zero-order valence-electron chi connectivity index (χ0n) is 18.9. The molecule has 4 aromatic rings. The molecule has 0 saturated carbocycles. The minimum absolute atomic E-state index is 0.0126. The summed E-state index contributed by atoms with van der Waals surface area (Å²) in [6, 6.07) is 16.3. The van der Waals surface area contributed by atoms with E-state index in [2.05, 4.69) is 32.4 Å². The number of fused-ring (bicyclic) bond motifs is 1. The summed E-state index contributed by atoms with van der Waals surface area (Å²) in [5, 5.41) is 6.51. The molecule has 0 atom stereocenters. The second-order valence-corrected chi connectivity index (χ2v) is 7.57. The van der Waals surface area contributed by atoms with Gasteiger partial charge in [-0.05, 0) is 29.7 Å². The topological polar surface area (TPSA) is 132 Å². The molecular weight excluding hydrogens is 444 g/mol. The number of hydrogen-bond acceptors (Lipinski definition) is 6. The van der Waals surface area contributed by atoms with Crippen molar-refractivity contribution in [2.45, 2.75) is 13.5 Å². The monoisotopic (exact) mass is 466 g/mol. The number of nitrogen functional groups attached to an aromatic ring is 1. The predicted octanol–water partition coefficient (Wildman–Crippen LogP) is 1.78. The molecule has 0 aliphatic rings. The van der Waals surface area contributed by atoms with Gasteiger partial charge in [0.2, 0.25) is 5.91 Å². The first-order valence-corrected chi connectivity index (χ1v) is 10.8. The molecule has 0 spiro atoms. The molecule has 0 unspecified atom stereocenters. The maximum absolute atomic E-state index is 13.8. The molecule has 2 aromatic carbocycles. The first kappa shape index (κ1) is 23.2. The average Bonchev–Trinajstić information content (AvgIpc) is 2.86. The second kappa shape index (κ2) is 10.3. The molecule has 2 aromatic heterocycles. The van der Waals surface area contributed by atoms with Crippen molar-refractivity contribution in [1.29, 1.82) is 0 Å².